The van der Waals surface area contributed by atoms with Gasteiger partial charge in [-0.25, -0.2) is 4.79 Å². The van der Waals surface area contributed by atoms with Gasteiger partial charge in [-0.05, 0) is 26.3 Å². The van der Waals surface area contributed by atoms with Gasteiger partial charge in [0.1, 0.15) is 36.0 Å². The minimum Gasteiger partial charge on any atom is -0.444 e. The zero-order valence-corrected chi connectivity index (χ0v) is 17.2. The number of aliphatic hydroxyl groups excluding tert-OH is 4. The van der Waals surface area contributed by atoms with E-state index >= 15 is 0 Å². The first-order chi connectivity index (χ1) is 14.0. The Bertz CT molecular complexity index is 709. The fraction of sp³-hybridized carbons (Fsp3) is 0.600. The molecule has 0 spiro atoms. The maximum Gasteiger partial charge on any atom is 0.408 e. The van der Waals surface area contributed by atoms with Crippen LogP contribution in [-0.2, 0) is 20.7 Å². The quantitative estimate of drug-likeness (QED) is 0.339. The molecule has 168 valence electrons. The van der Waals surface area contributed by atoms with Crippen molar-refractivity contribution >= 4 is 12.0 Å². The van der Waals surface area contributed by atoms with Crippen molar-refractivity contribution in [2.75, 3.05) is 6.61 Å². The third-order valence-electron chi connectivity index (χ3n) is 4.50. The smallest absolute Gasteiger partial charge is 0.408 e. The summed E-state index contributed by atoms with van der Waals surface area (Å²) in [6, 6.07) is 6.48. The van der Waals surface area contributed by atoms with E-state index in [0.717, 1.165) is 5.56 Å². The van der Waals surface area contributed by atoms with Crippen LogP contribution in [0.1, 0.15) is 26.3 Å². The van der Waals surface area contributed by atoms with Crippen LogP contribution in [0.4, 0.5) is 4.79 Å². The van der Waals surface area contributed by atoms with E-state index in [-0.39, 0.29) is 6.42 Å². The van der Waals surface area contributed by atoms with Gasteiger partial charge in [-0.1, -0.05) is 30.3 Å². The Labute approximate surface area is 174 Å². The zero-order valence-electron chi connectivity index (χ0n) is 17.2. The largest absolute Gasteiger partial charge is 0.444 e. The van der Waals surface area contributed by atoms with Crippen LogP contribution < -0.4 is 10.6 Å². The van der Waals surface area contributed by atoms with E-state index in [0.29, 0.717) is 0 Å². The van der Waals surface area contributed by atoms with Crippen molar-refractivity contribution < 1.29 is 39.5 Å². The van der Waals surface area contributed by atoms with Crippen molar-refractivity contribution in [2.45, 2.75) is 69.5 Å². The van der Waals surface area contributed by atoms with E-state index in [4.69, 9.17) is 14.6 Å². The molecule has 30 heavy (non-hydrogen) atoms. The molecule has 0 aliphatic carbocycles. The van der Waals surface area contributed by atoms with E-state index in [1.54, 1.807) is 45.0 Å². The Kier molecular flexibility index (Phi) is 8.16. The molecule has 0 radical (unpaired) electrons. The van der Waals surface area contributed by atoms with Gasteiger partial charge in [-0.3, -0.25) is 4.79 Å². The molecule has 6 N–H and O–H groups in total. The Balaban J connectivity index is 2.14. The van der Waals surface area contributed by atoms with Crippen molar-refractivity contribution in [1.82, 2.24) is 10.6 Å². The van der Waals surface area contributed by atoms with Crippen LogP contribution >= 0.6 is 0 Å². The fourth-order valence-corrected chi connectivity index (χ4v) is 3.03. The minimum atomic E-state index is -1.66. The predicted molar refractivity (Wildman–Crippen MR) is 105 cm³/mol. The number of carbonyl (C=O) groups excluding carboxylic acids is 2. The third kappa shape index (κ3) is 6.64. The molecule has 1 fully saturated rings. The minimum absolute atomic E-state index is 0.119. The second-order valence-electron chi connectivity index (χ2n) is 8.15. The number of ether oxygens (including phenoxy) is 2. The van der Waals surface area contributed by atoms with Crippen LogP contribution in [0.15, 0.2) is 30.3 Å². The van der Waals surface area contributed by atoms with Gasteiger partial charge in [0.15, 0.2) is 6.29 Å². The second kappa shape index (κ2) is 10.2. The molecule has 1 aromatic carbocycles. The molecule has 6 atom stereocenters. The Morgan fingerprint density at radius 3 is 2.33 bits per heavy atom. The Morgan fingerprint density at radius 1 is 1.13 bits per heavy atom. The summed E-state index contributed by atoms with van der Waals surface area (Å²) in [7, 11) is 0. The molecule has 2 rings (SSSR count). The molecule has 10 nitrogen and oxygen atoms in total. The lowest BCUT2D eigenvalue weighted by Crippen LogP contribution is -2.65. The monoisotopic (exact) mass is 426 g/mol. The van der Waals surface area contributed by atoms with Crippen molar-refractivity contribution in [2.24, 2.45) is 0 Å². The summed E-state index contributed by atoms with van der Waals surface area (Å²) in [6.07, 6.45) is -6.65. The van der Waals surface area contributed by atoms with Crippen LogP contribution in [0, 0.1) is 0 Å². The van der Waals surface area contributed by atoms with Gasteiger partial charge in [0.25, 0.3) is 0 Å². The molecular weight excluding hydrogens is 396 g/mol. The lowest BCUT2D eigenvalue weighted by Gasteiger charge is -2.40. The molecule has 1 aliphatic heterocycles. The standard InChI is InChI=1S/C20H30N2O8/c1-20(2,3)30-19(28)21-12(9-11-7-5-4-6-8-11)17(26)22-14-16(25)15(24)13(10-23)29-18(14)27/h4-8,12-16,18,23-25,27H,9-10H2,1-3H3,(H,21,28)(H,22,26)/t12-,13?,14?,15-,16?,18-/m1/s1. The predicted octanol–water partition coefficient (Wildman–Crippen LogP) is -0.961. The molecule has 1 aromatic rings. The number of benzene rings is 1. The van der Waals surface area contributed by atoms with Crippen LogP contribution in [-0.4, -0.2) is 81.3 Å². The molecule has 3 unspecified atom stereocenters. The Morgan fingerprint density at radius 2 is 1.77 bits per heavy atom. The Hall–Kier alpha value is -2.24. The number of rotatable bonds is 6. The lowest BCUT2D eigenvalue weighted by atomic mass is 9.96. The SMILES string of the molecule is CC(C)(C)OC(=O)N[C@H](Cc1ccccc1)C(=O)NC1C(O)[C@H](O)C(CO)O[C@H]1O. The number of alkyl carbamates (subject to hydrolysis) is 1. The van der Waals surface area contributed by atoms with Crippen LogP contribution in [0.2, 0.25) is 0 Å². The molecular formula is C20H30N2O8. The highest BCUT2D eigenvalue weighted by atomic mass is 16.6. The van der Waals surface area contributed by atoms with Gasteiger partial charge in [0.05, 0.1) is 6.61 Å². The first-order valence-corrected chi connectivity index (χ1v) is 9.66. The topological polar surface area (TPSA) is 158 Å². The first-order valence-electron chi connectivity index (χ1n) is 9.66. The van der Waals surface area contributed by atoms with E-state index in [2.05, 4.69) is 10.6 Å². The summed E-state index contributed by atoms with van der Waals surface area (Å²) in [5, 5.41) is 44.4. The molecule has 1 aliphatic rings. The first kappa shape index (κ1) is 24.0. The summed E-state index contributed by atoms with van der Waals surface area (Å²) in [5.74, 6) is -0.717. The van der Waals surface area contributed by atoms with E-state index in [1.165, 1.54) is 0 Å². The summed E-state index contributed by atoms with van der Waals surface area (Å²) in [4.78, 5) is 25.1. The van der Waals surface area contributed by atoms with Gasteiger partial charge in [0, 0.05) is 6.42 Å². The normalized spacial score (nSPS) is 27.8. The summed E-state index contributed by atoms with van der Waals surface area (Å²) < 4.78 is 10.3. The van der Waals surface area contributed by atoms with Gasteiger partial charge < -0.3 is 40.5 Å². The molecule has 1 saturated heterocycles. The highest BCUT2D eigenvalue weighted by molar-refractivity contribution is 5.86. The fourth-order valence-electron chi connectivity index (χ4n) is 3.03. The summed E-state index contributed by atoms with van der Waals surface area (Å²) in [5.41, 5.74) is -0.0136. The van der Waals surface area contributed by atoms with Crippen molar-refractivity contribution in [3.8, 4) is 0 Å². The lowest BCUT2D eigenvalue weighted by molar-refractivity contribution is -0.254. The number of nitrogens with one attached hydrogen (secondary N) is 2. The van der Waals surface area contributed by atoms with Crippen molar-refractivity contribution in [3.63, 3.8) is 0 Å². The average molecular weight is 426 g/mol. The summed E-state index contributed by atoms with van der Waals surface area (Å²) >= 11 is 0. The average Bonchev–Trinajstić information content (AvgIpc) is 2.66. The number of hydrogen-bond acceptors (Lipinski definition) is 8. The second-order valence-corrected chi connectivity index (χ2v) is 8.15. The van der Waals surface area contributed by atoms with E-state index in [9.17, 15) is 24.9 Å². The maximum absolute atomic E-state index is 12.9. The van der Waals surface area contributed by atoms with E-state index < -0.39 is 60.9 Å². The number of carbonyl (C=O) groups is 2. The van der Waals surface area contributed by atoms with Gasteiger partial charge in [-0.15, -0.1) is 0 Å². The molecule has 2 amide bonds. The van der Waals surface area contributed by atoms with Crippen molar-refractivity contribution in [3.05, 3.63) is 35.9 Å². The molecule has 0 bridgehead atoms. The molecule has 10 heteroatoms. The zero-order chi connectivity index (χ0) is 22.5. The number of aliphatic hydroxyl groups is 4. The van der Waals surface area contributed by atoms with Crippen LogP contribution in [0.5, 0.6) is 0 Å². The third-order valence-corrected chi connectivity index (χ3v) is 4.50. The van der Waals surface area contributed by atoms with Gasteiger partial charge in [-0.2, -0.15) is 0 Å². The van der Waals surface area contributed by atoms with Crippen LogP contribution in [0.25, 0.3) is 0 Å². The summed E-state index contributed by atoms with van der Waals surface area (Å²) in [6.45, 7) is 4.44. The molecule has 0 saturated carbocycles. The number of amides is 2. The number of hydrogen-bond donors (Lipinski definition) is 6. The van der Waals surface area contributed by atoms with Crippen molar-refractivity contribution in [1.29, 1.82) is 0 Å². The van der Waals surface area contributed by atoms with Gasteiger partial charge in [0.2, 0.25) is 5.91 Å². The molecule has 1 heterocycles. The van der Waals surface area contributed by atoms with E-state index in [1.807, 2.05) is 6.07 Å². The molecule has 0 aromatic heterocycles. The van der Waals surface area contributed by atoms with Crippen LogP contribution in [0.3, 0.4) is 0 Å². The van der Waals surface area contributed by atoms with Gasteiger partial charge >= 0.3 is 6.09 Å². The maximum atomic E-state index is 12.9. The highest BCUT2D eigenvalue weighted by Crippen LogP contribution is 2.20. The highest BCUT2D eigenvalue weighted by Gasteiger charge is 2.45.